The van der Waals surface area contributed by atoms with E-state index >= 15 is 0 Å². The number of Topliss-reactive ketones (excluding diaryl/α,β-unsaturated/α-hetero) is 1. The van der Waals surface area contributed by atoms with Crippen molar-refractivity contribution in [3.8, 4) is 0 Å². The predicted molar refractivity (Wildman–Crippen MR) is 119 cm³/mol. The molecule has 0 aromatic heterocycles. The van der Waals surface area contributed by atoms with E-state index in [0.29, 0.717) is 21.8 Å². The number of halogens is 1. The van der Waals surface area contributed by atoms with Crippen molar-refractivity contribution >= 4 is 40.9 Å². The lowest BCUT2D eigenvalue weighted by Crippen LogP contribution is -2.30. The zero-order chi connectivity index (χ0) is 23.4. The maximum Gasteiger partial charge on any atom is 0.338 e. The van der Waals surface area contributed by atoms with Crippen LogP contribution in [0, 0.1) is 5.92 Å². The number of esters is 2. The third-order valence-corrected chi connectivity index (χ3v) is 5.26. The number of carbonyl (C=O) groups excluding carboxylic acids is 4. The predicted octanol–water partition coefficient (Wildman–Crippen LogP) is 4.07. The molecular formula is C24H24ClNO6. The molecular weight excluding hydrogens is 434 g/mol. The first kappa shape index (κ1) is 23.5. The second kappa shape index (κ2) is 9.96. The second-order valence-electron chi connectivity index (χ2n) is 7.86. The Balaban J connectivity index is 1.61. The van der Waals surface area contributed by atoms with Crippen molar-refractivity contribution in [2.75, 3.05) is 11.4 Å². The first-order chi connectivity index (χ1) is 15.2. The van der Waals surface area contributed by atoms with E-state index in [4.69, 9.17) is 21.1 Å². The van der Waals surface area contributed by atoms with E-state index in [-0.39, 0.29) is 30.8 Å². The lowest BCUT2D eigenvalue weighted by molar-refractivity contribution is -0.151. The summed E-state index contributed by atoms with van der Waals surface area (Å²) >= 11 is 5.83. The van der Waals surface area contributed by atoms with E-state index in [1.807, 2.05) is 0 Å². The molecule has 0 unspecified atom stereocenters. The zero-order valence-electron chi connectivity index (χ0n) is 18.0. The van der Waals surface area contributed by atoms with Gasteiger partial charge in [-0.3, -0.25) is 14.4 Å². The van der Waals surface area contributed by atoms with E-state index in [0.717, 1.165) is 0 Å². The van der Waals surface area contributed by atoms with Crippen LogP contribution in [0.25, 0.3) is 0 Å². The first-order valence-electron chi connectivity index (χ1n) is 10.3. The number of anilines is 1. The van der Waals surface area contributed by atoms with Gasteiger partial charge in [-0.2, -0.15) is 0 Å². The molecule has 1 amide bonds. The third kappa shape index (κ3) is 5.53. The largest absolute Gasteiger partial charge is 0.459 e. The van der Waals surface area contributed by atoms with Crippen LogP contribution in [-0.4, -0.2) is 42.4 Å². The van der Waals surface area contributed by atoms with Crippen molar-refractivity contribution in [2.45, 2.75) is 39.4 Å². The van der Waals surface area contributed by atoms with Gasteiger partial charge >= 0.3 is 11.9 Å². The van der Waals surface area contributed by atoms with Gasteiger partial charge in [-0.15, -0.1) is 0 Å². The summed E-state index contributed by atoms with van der Waals surface area (Å²) in [5.41, 5.74) is 1.33. The highest BCUT2D eigenvalue weighted by atomic mass is 35.5. The Bertz CT molecular complexity index is 1020. The van der Waals surface area contributed by atoms with Gasteiger partial charge in [0.1, 0.15) is 0 Å². The number of benzene rings is 2. The van der Waals surface area contributed by atoms with Crippen molar-refractivity contribution in [1.82, 2.24) is 0 Å². The normalized spacial score (nSPS) is 16.7. The van der Waals surface area contributed by atoms with Crippen LogP contribution in [0.3, 0.4) is 0 Å². The van der Waals surface area contributed by atoms with Crippen LogP contribution >= 0.6 is 11.6 Å². The number of hydrogen-bond acceptors (Lipinski definition) is 6. The maximum atomic E-state index is 12.6. The van der Waals surface area contributed by atoms with Crippen LogP contribution in [0.15, 0.2) is 48.5 Å². The lowest BCUT2D eigenvalue weighted by Gasteiger charge is -2.18. The number of carbonyl (C=O) groups is 4. The smallest absolute Gasteiger partial charge is 0.338 e. The molecule has 0 N–H and O–H groups in total. The summed E-state index contributed by atoms with van der Waals surface area (Å²) in [6.07, 6.45) is -1.24. The van der Waals surface area contributed by atoms with Crippen LogP contribution in [-0.2, 0) is 19.1 Å². The summed E-state index contributed by atoms with van der Waals surface area (Å²) < 4.78 is 10.5. The van der Waals surface area contributed by atoms with Gasteiger partial charge in [0.25, 0.3) is 0 Å². The molecule has 168 valence electrons. The monoisotopic (exact) mass is 457 g/mol. The number of ether oxygens (including phenoxy) is 2. The molecule has 2 aromatic carbocycles. The Hall–Kier alpha value is -3.19. The number of amides is 1. The van der Waals surface area contributed by atoms with Crippen molar-refractivity contribution in [3.05, 3.63) is 64.7 Å². The summed E-state index contributed by atoms with van der Waals surface area (Å²) in [7, 11) is 0. The molecule has 32 heavy (non-hydrogen) atoms. The van der Waals surface area contributed by atoms with Gasteiger partial charge in [-0.25, -0.2) is 4.79 Å². The van der Waals surface area contributed by atoms with Crippen LogP contribution < -0.4 is 4.90 Å². The Labute approximate surface area is 191 Å². The van der Waals surface area contributed by atoms with Crippen LogP contribution in [0.5, 0.6) is 0 Å². The lowest BCUT2D eigenvalue weighted by atomic mass is 10.1. The minimum absolute atomic E-state index is 0.0160. The van der Waals surface area contributed by atoms with Gasteiger partial charge in [-0.1, -0.05) is 11.6 Å². The zero-order valence-corrected chi connectivity index (χ0v) is 18.8. The molecule has 1 aliphatic heterocycles. The Kier molecular flexibility index (Phi) is 7.30. The molecule has 0 saturated carbocycles. The topological polar surface area (TPSA) is 90.0 Å². The fraction of sp³-hybridized carbons (Fsp3) is 0.333. The van der Waals surface area contributed by atoms with Crippen molar-refractivity contribution < 1.29 is 28.7 Å². The summed E-state index contributed by atoms with van der Waals surface area (Å²) in [4.78, 5) is 51.0. The molecule has 0 spiro atoms. The molecule has 2 aromatic rings. The number of rotatable bonds is 7. The fourth-order valence-electron chi connectivity index (χ4n) is 3.35. The van der Waals surface area contributed by atoms with Crippen LogP contribution in [0.2, 0.25) is 5.02 Å². The van der Waals surface area contributed by atoms with Gasteiger partial charge in [0.2, 0.25) is 11.7 Å². The molecule has 1 heterocycles. The maximum absolute atomic E-state index is 12.6. The quantitative estimate of drug-likeness (QED) is 0.460. The third-order valence-electron chi connectivity index (χ3n) is 5.01. The highest BCUT2D eigenvalue weighted by molar-refractivity contribution is 6.30. The minimum Gasteiger partial charge on any atom is -0.459 e. The number of nitrogens with zero attached hydrogens (tertiary/aromatic N) is 1. The van der Waals surface area contributed by atoms with E-state index < -0.39 is 24.0 Å². The summed E-state index contributed by atoms with van der Waals surface area (Å²) in [5, 5.41) is 0.501. The van der Waals surface area contributed by atoms with E-state index in [1.165, 1.54) is 11.8 Å². The standard InChI is InChI=1S/C24H24ClNO6/c1-14(2)31-23(29)17-6-10-20(11-7-17)26-13-18(12-21(26)27)24(30)32-15(3)22(28)16-4-8-19(25)9-5-16/h4-11,14-15,18H,12-13H2,1-3H3/t15-,18-/m1/s1. The molecule has 0 bridgehead atoms. The van der Waals surface area contributed by atoms with Crippen molar-refractivity contribution in [1.29, 1.82) is 0 Å². The van der Waals surface area contributed by atoms with Crippen LogP contribution in [0.4, 0.5) is 5.69 Å². The van der Waals surface area contributed by atoms with E-state index in [9.17, 15) is 19.2 Å². The Morgan fingerprint density at radius 2 is 1.53 bits per heavy atom. The molecule has 3 rings (SSSR count). The van der Waals surface area contributed by atoms with Gasteiger partial charge in [-0.05, 0) is 69.3 Å². The van der Waals surface area contributed by atoms with Gasteiger partial charge in [0.05, 0.1) is 17.6 Å². The van der Waals surface area contributed by atoms with Gasteiger partial charge < -0.3 is 14.4 Å². The van der Waals surface area contributed by atoms with Crippen molar-refractivity contribution in [3.63, 3.8) is 0 Å². The average Bonchev–Trinajstić information content (AvgIpc) is 3.15. The second-order valence-corrected chi connectivity index (χ2v) is 8.29. The summed E-state index contributed by atoms with van der Waals surface area (Å²) in [6, 6.07) is 12.7. The van der Waals surface area contributed by atoms with Crippen LogP contribution in [0.1, 0.15) is 47.9 Å². The molecule has 0 radical (unpaired) electrons. The van der Waals surface area contributed by atoms with E-state index in [1.54, 1.807) is 62.4 Å². The molecule has 2 atom stereocenters. The Morgan fingerprint density at radius 3 is 2.12 bits per heavy atom. The molecule has 7 nitrogen and oxygen atoms in total. The molecule has 1 aliphatic rings. The summed E-state index contributed by atoms with van der Waals surface area (Å²) in [6.45, 7) is 5.16. The first-order valence-corrected chi connectivity index (χ1v) is 10.6. The molecule has 1 fully saturated rings. The average molecular weight is 458 g/mol. The van der Waals surface area contributed by atoms with Gasteiger partial charge in [0, 0.05) is 29.2 Å². The number of hydrogen-bond donors (Lipinski definition) is 0. The summed E-state index contributed by atoms with van der Waals surface area (Å²) in [5.74, 6) is -2.32. The highest BCUT2D eigenvalue weighted by Crippen LogP contribution is 2.27. The molecule has 0 aliphatic carbocycles. The fourth-order valence-corrected chi connectivity index (χ4v) is 3.47. The number of ketones is 1. The van der Waals surface area contributed by atoms with Crippen molar-refractivity contribution in [2.24, 2.45) is 5.92 Å². The molecule has 1 saturated heterocycles. The van der Waals surface area contributed by atoms with E-state index in [2.05, 4.69) is 0 Å². The minimum atomic E-state index is -0.987. The SMILES string of the molecule is CC(C)OC(=O)c1ccc(N2C[C@H](C(=O)O[C@H](C)C(=O)c3ccc(Cl)cc3)CC2=O)cc1. The molecule has 8 heteroatoms. The Morgan fingerprint density at radius 1 is 0.938 bits per heavy atom. The van der Waals surface area contributed by atoms with Gasteiger partial charge in [0.15, 0.2) is 6.10 Å². The highest BCUT2D eigenvalue weighted by Gasteiger charge is 2.37.